The summed E-state index contributed by atoms with van der Waals surface area (Å²) in [4.78, 5) is 12.6. The number of aryl methyl sites for hydroxylation is 1. The van der Waals surface area contributed by atoms with Crippen molar-refractivity contribution in [2.75, 3.05) is 0 Å². The van der Waals surface area contributed by atoms with Crippen LogP contribution in [0.5, 0.6) is 0 Å². The molecule has 0 amide bonds. The van der Waals surface area contributed by atoms with Gasteiger partial charge in [-0.05, 0) is 35.6 Å². The van der Waals surface area contributed by atoms with Crippen LogP contribution in [0.1, 0.15) is 34.0 Å². The van der Waals surface area contributed by atoms with Gasteiger partial charge in [-0.2, -0.15) is 0 Å². The van der Waals surface area contributed by atoms with Gasteiger partial charge in [0.15, 0.2) is 5.78 Å². The molecule has 0 spiro atoms. The van der Waals surface area contributed by atoms with E-state index in [1.165, 1.54) is 16.7 Å². The summed E-state index contributed by atoms with van der Waals surface area (Å²) in [5.74, 6) is 0.204. The molecular weight excluding hydrogens is 246 g/mol. The number of fused-ring (bicyclic) bond motifs is 1. The first kappa shape index (κ1) is 13.1. The highest BCUT2D eigenvalue weighted by Gasteiger charge is 2.24. The molecule has 1 aliphatic heterocycles. The van der Waals surface area contributed by atoms with Crippen LogP contribution in [0.25, 0.3) is 0 Å². The topological polar surface area (TPSA) is 29.1 Å². The molecule has 1 N–H and O–H groups in total. The van der Waals surface area contributed by atoms with Gasteiger partial charge >= 0.3 is 0 Å². The molecule has 0 fully saturated rings. The summed E-state index contributed by atoms with van der Waals surface area (Å²) in [6, 6.07) is 16.2. The van der Waals surface area contributed by atoms with Crippen LogP contribution < -0.4 is 5.32 Å². The number of rotatable bonds is 3. The highest BCUT2D eigenvalue weighted by Crippen LogP contribution is 2.19. The van der Waals surface area contributed by atoms with E-state index < -0.39 is 0 Å². The summed E-state index contributed by atoms with van der Waals surface area (Å²) in [5.41, 5.74) is 4.63. The molecule has 0 saturated carbocycles. The molecule has 2 aromatic rings. The van der Waals surface area contributed by atoms with E-state index >= 15 is 0 Å². The predicted octanol–water partition coefficient (Wildman–Crippen LogP) is 3.15. The summed E-state index contributed by atoms with van der Waals surface area (Å²) < 4.78 is 0. The van der Waals surface area contributed by atoms with E-state index in [2.05, 4.69) is 30.4 Å². The normalized spacial score (nSPS) is 17.6. The minimum Gasteiger partial charge on any atom is -0.303 e. The van der Waals surface area contributed by atoms with Crippen molar-refractivity contribution in [3.63, 3.8) is 0 Å². The van der Waals surface area contributed by atoms with Gasteiger partial charge in [-0.25, -0.2) is 0 Å². The summed E-state index contributed by atoms with van der Waals surface area (Å²) in [6.45, 7) is 2.89. The Morgan fingerprint density at radius 2 is 1.95 bits per heavy atom. The molecule has 1 heterocycles. The van der Waals surface area contributed by atoms with Crippen LogP contribution in [0.15, 0.2) is 48.5 Å². The molecule has 102 valence electrons. The first-order chi connectivity index (χ1) is 9.78. The monoisotopic (exact) mass is 265 g/mol. The van der Waals surface area contributed by atoms with Crippen LogP contribution in [-0.4, -0.2) is 11.8 Å². The smallest absolute Gasteiger partial charge is 0.180 e. The summed E-state index contributed by atoms with van der Waals surface area (Å²) in [6.07, 6.45) is 1.74. The second kappa shape index (κ2) is 5.59. The number of nitrogens with one attached hydrogen (secondary N) is 1. The van der Waals surface area contributed by atoms with E-state index in [0.717, 1.165) is 24.9 Å². The van der Waals surface area contributed by atoms with Crippen LogP contribution in [0, 0.1) is 0 Å². The highest BCUT2D eigenvalue weighted by atomic mass is 16.1. The zero-order valence-electron chi connectivity index (χ0n) is 11.7. The Kier molecular flexibility index (Phi) is 3.66. The van der Waals surface area contributed by atoms with Crippen molar-refractivity contribution in [3.8, 4) is 0 Å². The molecule has 0 radical (unpaired) electrons. The van der Waals surface area contributed by atoms with E-state index in [9.17, 15) is 4.79 Å². The number of Topliss-reactive ketones (excluding diaryl/α,β-unsaturated/α-hetero) is 1. The van der Waals surface area contributed by atoms with Crippen LogP contribution >= 0.6 is 0 Å². The van der Waals surface area contributed by atoms with E-state index in [1.807, 2.05) is 30.3 Å². The molecule has 1 aliphatic rings. The average molecular weight is 265 g/mol. The Bertz CT molecular complexity index is 633. The maximum Gasteiger partial charge on any atom is 0.180 e. The first-order valence-electron chi connectivity index (χ1n) is 7.21. The molecule has 0 saturated heterocycles. The van der Waals surface area contributed by atoms with Gasteiger partial charge in [-0.15, -0.1) is 0 Å². The summed E-state index contributed by atoms with van der Waals surface area (Å²) in [5, 5.41) is 3.36. The second-order valence-electron chi connectivity index (χ2n) is 5.32. The second-order valence-corrected chi connectivity index (χ2v) is 5.32. The largest absolute Gasteiger partial charge is 0.303 e. The third kappa shape index (κ3) is 2.52. The van der Waals surface area contributed by atoms with Crippen molar-refractivity contribution in [1.29, 1.82) is 0 Å². The van der Waals surface area contributed by atoms with Crippen molar-refractivity contribution < 1.29 is 4.79 Å². The van der Waals surface area contributed by atoms with Gasteiger partial charge in [0.25, 0.3) is 0 Å². The molecule has 2 aromatic carbocycles. The predicted molar refractivity (Wildman–Crippen MR) is 80.9 cm³/mol. The number of hydrogen-bond acceptors (Lipinski definition) is 2. The lowest BCUT2D eigenvalue weighted by atomic mass is 9.91. The molecule has 1 unspecified atom stereocenters. The quantitative estimate of drug-likeness (QED) is 0.864. The molecular formula is C18H19NO. The van der Waals surface area contributed by atoms with Gasteiger partial charge in [-0.1, -0.05) is 49.4 Å². The molecule has 0 aliphatic carbocycles. The van der Waals surface area contributed by atoms with E-state index in [-0.39, 0.29) is 11.8 Å². The van der Waals surface area contributed by atoms with Gasteiger partial charge in [0, 0.05) is 12.1 Å². The zero-order valence-corrected chi connectivity index (χ0v) is 11.7. The standard InChI is InChI=1S/C18H19NO/c1-2-13-6-5-9-15(10-13)18(20)17-11-14-7-3-4-8-16(14)12-19-17/h3-10,17,19H,2,11-12H2,1H3. The van der Waals surface area contributed by atoms with Crippen LogP contribution in [0.2, 0.25) is 0 Å². The van der Waals surface area contributed by atoms with Crippen molar-refractivity contribution in [3.05, 3.63) is 70.8 Å². The SMILES string of the molecule is CCc1cccc(C(=O)C2Cc3ccccc3CN2)c1. The fraction of sp³-hybridized carbons (Fsp3) is 0.278. The Labute approximate surface area is 119 Å². The molecule has 1 atom stereocenters. The summed E-state index contributed by atoms with van der Waals surface area (Å²) in [7, 11) is 0. The lowest BCUT2D eigenvalue weighted by molar-refractivity contribution is 0.0938. The fourth-order valence-corrected chi connectivity index (χ4v) is 2.79. The molecule has 0 aromatic heterocycles. The van der Waals surface area contributed by atoms with E-state index in [1.54, 1.807) is 0 Å². The maximum absolute atomic E-state index is 12.6. The Morgan fingerprint density at radius 1 is 1.15 bits per heavy atom. The number of carbonyl (C=O) groups is 1. The average Bonchev–Trinajstić information content (AvgIpc) is 2.53. The molecule has 2 nitrogen and oxygen atoms in total. The van der Waals surface area contributed by atoms with Crippen LogP contribution in [-0.2, 0) is 19.4 Å². The minimum atomic E-state index is -0.1000. The van der Waals surface area contributed by atoms with Crippen LogP contribution in [0.4, 0.5) is 0 Å². The zero-order chi connectivity index (χ0) is 13.9. The van der Waals surface area contributed by atoms with Gasteiger partial charge in [0.1, 0.15) is 0 Å². The molecule has 20 heavy (non-hydrogen) atoms. The van der Waals surface area contributed by atoms with Crippen molar-refractivity contribution in [1.82, 2.24) is 5.32 Å². The minimum absolute atomic E-state index is 0.1000. The van der Waals surface area contributed by atoms with Gasteiger partial charge in [0.05, 0.1) is 6.04 Å². The lowest BCUT2D eigenvalue weighted by Crippen LogP contribution is -2.41. The van der Waals surface area contributed by atoms with Crippen LogP contribution in [0.3, 0.4) is 0 Å². The molecule has 2 heteroatoms. The Balaban J connectivity index is 1.82. The fourth-order valence-electron chi connectivity index (χ4n) is 2.79. The Hall–Kier alpha value is -1.93. The van der Waals surface area contributed by atoms with Crippen molar-refractivity contribution >= 4 is 5.78 Å². The molecule has 0 bridgehead atoms. The number of carbonyl (C=O) groups excluding carboxylic acids is 1. The van der Waals surface area contributed by atoms with Gasteiger partial charge in [0.2, 0.25) is 0 Å². The third-order valence-electron chi connectivity index (χ3n) is 4.02. The summed E-state index contributed by atoms with van der Waals surface area (Å²) >= 11 is 0. The van der Waals surface area contributed by atoms with Gasteiger partial charge in [-0.3, -0.25) is 4.79 Å². The van der Waals surface area contributed by atoms with E-state index in [4.69, 9.17) is 0 Å². The Morgan fingerprint density at radius 3 is 2.75 bits per heavy atom. The number of ketones is 1. The third-order valence-corrected chi connectivity index (χ3v) is 4.02. The van der Waals surface area contributed by atoms with E-state index in [0.29, 0.717) is 0 Å². The first-order valence-corrected chi connectivity index (χ1v) is 7.21. The maximum atomic E-state index is 12.6. The number of hydrogen-bond donors (Lipinski definition) is 1. The number of benzene rings is 2. The molecule has 3 rings (SSSR count). The highest BCUT2D eigenvalue weighted by molar-refractivity contribution is 6.00. The van der Waals surface area contributed by atoms with Gasteiger partial charge < -0.3 is 5.32 Å². The van der Waals surface area contributed by atoms with Crippen molar-refractivity contribution in [2.45, 2.75) is 32.4 Å². The van der Waals surface area contributed by atoms with Crippen molar-refractivity contribution in [2.24, 2.45) is 0 Å². The lowest BCUT2D eigenvalue weighted by Gasteiger charge is -2.25.